The molecule has 1 aromatic carbocycles. The van der Waals surface area contributed by atoms with Crippen LogP contribution in [0.1, 0.15) is 12.5 Å². The molecular weight excluding hydrogens is 186 g/mol. The Morgan fingerprint density at radius 1 is 1.36 bits per heavy atom. The van der Waals surface area contributed by atoms with Crippen LogP contribution in [0.4, 0.5) is 4.39 Å². The number of benzene rings is 1. The summed E-state index contributed by atoms with van der Waals surface area (Å²) >= 11 is 11.1. The van der Waals surface area contributed by atoms with E-state index in [0.717, 1.165) is 0 Å². The van der Waals surface area contributed by atoms with E-state index in [9.17, 15) is 4.39 Å². The summed E-state index contributed by atoms with van der Waals surface area (Å²) in [4.78, 5) is 0. The van der Waals surface area contributed by atoms with Crippen LogP contribution >= 0.6 is 23.2 Å². The van der Waals surface area contributed by atoms with Crippen LogP contribution in [0.5, 0.6) is 0 Å². The summed E-state index contributed by atoms with van der Waals surface area (Å²) in [6.07, 6.45) is 0.628. The van der Waals surface area contributed by atoms with Crippen molar-refractivity contribution >= 4 is 23.2 Å². The Balaban J connectivity index is 3.25. The summed E-state index contributed by atoms with van der Waals surface area (Å²) in [5.74, 6) is -0.401. The van der Waals surface area contributed by atoms with Gasteiger partial charge in [0.25, 0.3) is 0 Å². The molecule has 0 aliphatic heterocycles. The van der Waals surface area contributed by atoms with Gasteiger partial charge in [-0.3, -0.25) is 0 Å². The van der Waals surface area contributed by atoms with Crippen molar-refractivity contribution in [3.8, 4) is 0 Å². The van der Waals surface area contributed by atoms with E-state index in [1.807, 2.05) is 6.92 Å². The van der Waals surface area contributed by atoms with Crippen LogP contribution < -0.4 is 0 Å². The van der Waals surface area contributed by atoms with E-state index in [4.69, 9.17) is 23.2 Å². The summed E-state index contributed by atoms with van der Waals surface area (Å²) in [5, 5.41) is 0.285. The second-order valence-electron chi connectivity index (χ2n) is 2.19. The minimum atomic E-state index is -0.401. The number of aryl methyl sites for hydroxylation is 1. The summed E-state index contributed by atoms with van der Waals surface area (Å²) in [5.41, 5.74) is 0.597. The first-order chi connectivity index (χ1) is 5.16. The smallest absolute Gasteiger partial charge is 0.146 e. The van der Waals surface area contributed by atoms with Crippen molar-refractivity contribution in [1.82, 2.24) is 0 Å². The van der Waals surface area contributed by atoms with Crippen LogP contribution in [-0.2, 0) is 6.42 Å². The molecule has 0 heterocycles. The highest BCUT2D eigenvalue weighted by atomic mass is 35.5. The van der Waals surface area contributed by atoms with Crippen LogP contribution in [-0.4, -0.2) is 0 Å². The average Bonchev–Trinajstić information content (AvgIpc) is 2.01. The van der Waals surface area contributed by atoms with E-state index in [0.29, 0.717) is 12.0 Å². The first-order valence-electron chi connectivity index (χ1n) is 3.29. The van der Waals surface area contributed by atoms with Gasteiger partial charge in [-0.05, 0) is 18.1 Å². The normalized spacial score (nSPS) is 10.2. The Kier molecular flexibility index (Phi) is 2.74. The lowest BCUT2D eigenvalue weighted by atomic mass is 10.1. The standard InChI is InChI=1S/C8H7Cl2F/c1-2-5-3-4-6(9)7(10)8(5)11/h3-4H,2H2,1H3. The predicted molar refractivity (Wildman–Crippen MR) is 45.8 cm³/mol. The van der Waals surface area contributed by atoms with Crippen molar-refractivity contribution in [3.63, 3.8) is 0 Å². The molecule has 0 saturated heterocycles. The van der Waals surface area contributed by atoms with Gasteiger partial charge in [-0.1, -0.05) is 36.2 Å². The minimum Gasteiger partial charge on any atom is -0.205 e. The van der Waals surface area contributed by atoms with E-state index in [-0.39, 0.29) is 10.0 Å². The molecule has 0 N–H and O–H groups in total. The fraction of sp³-hybridized carbons (Fsp3) is 0.250. The van der Waals surface area contributed by atoms with Gasteiger partial charge in [0.1, 0.15) is 5.82 Å². The molecule has 0 radical (unpaired) electrons. The topological polar surface area (TPSA) is 0 Å². The fourth-order valence-corrected chi connectivity index (χ4v) is 1.17. The summed E-state index contributed by atoms with van der Waals surface area (Å²) < 4.78 is 13.0. The Morgan fingerprint density at radius 2 is 2.00 bits per heavy atom. The van der Waals surface area contributed by atoms with Gasteiger partial charge in [0.05, 0.1) is 10.0 Å². The second-order valence-corrected chi connectivity index (χ2v) is 2.97. The van der Waals surface area contributed by atoms with Gasteiger partial charge in [-0.2, -0.15) is 0 Å². The SMILES string of the molecule is CCc1ccc(Cl)c(Cl)c1F. The van der Waals surface area contributed by atoms with Gasteiger partial charge in [0.2, 0.25) is 0 Å². The van der Waals surface area contributed by atoms with Gasteiger partial charge < -0.3 is 0 Å². The van der Waals surface area contributed by atoms with Gasteiger partial charge in [0, 0.05) is 0 Å². The zero-order valence-electron chi connectivity index (χ0n) is 6.00. The largest absolute Gasteiger partial charge is 0.205 e. The third kappa shape index (κ3) is 1.66. The van der Waals surface area contributed by atoms with E-state index >= 15 is 0 Å². The van der Waals surface area contributed by atoms with Crippen LogP contribution in [0.15, 0.2) is 12.1 Å². The molecule has 3 heteroatoms. The van der Waals surface area contributed by atoms with E-state index in [2.05, 4.69) is 0 Å². The fourth-order valence-electron chi connectivity index (χ4n) is 0.839. The molecule has 0 bridgehead atoms. The van der Waals surface area contributed by atoms with Crippen molar-refractivity contribution in [1.29, 1.82) is 0 Å². The van der Waals surface area contributed by atoms with Gasteiger partial charge in [-0.25, -0.2) is 4.39 Å². The number of rotatable bonds is 1. The van der Waals surface area contributed by atoms with Crippen molar-refractivity contribution in [2.45, 2.75) is 13.3 Å². The molecule has 1 rings (SSSR count). The Hall–Kier alpha value is -0.270. The summed E-state index contributed by atoms with van der Waals surface area (Å²) in [7, 11) is 0. The number of hydrogen-bond donors (Lipinski definition) is 0. The van der Waals surface area contributed by atoms with Crippen LogP contribution in [0.25, 0.3) is 0 Å². The van der Waals surface area contributed by atoms with Crippen molar-refractivity contribution < 1.29 is 4.39 Å². The average molecular weight is 193 g/mol. The van der Waals surface area contributed by atoms with E-state index < -0.39 is 5.82 Å². The molecule has 11 heavy (non-hydrogen) atoms. The Morgan fingerprint density at radius 3 is 2.55 bits per heavy atom. The third-order valence-corrected chi connectivity index (χ3v) is 2.28. The molecule has 0 atom stereocenters. The predicted octanol–water partition coefficient (Wildman–Crippen LogP) is 3.69. The second kappa shape index (κ2) is 3.42. The lowest BCUT2D eigenvalue weighted by molar-refractivity contribution is 0.613. The molecule has 1 aromatic rings. The lowest BCUT2D eigenvalue weighted by Gasteiger charge is -2.01. The molecule has 0 nitrogen and oxygen atoms in total. The molecule has 0 spiro atoms. The monoisotopic (exact) mass is 192 g/mol. The minimum absolute atomic E-state index is 0.0195. The summed E-state index contributed by atoms with van der Waals surface area (Å²) in [6, 6.07) is 3.25. The van der Waals surface area contributed by atoms with Crippen LogP contribution in [0.2, 0.25) is 10.0 Å². The first-order valence-corrected chi connectivity index (χ1v) is 4.04. The van der Waals surface area contributed by atoms with Gasteiger partial charge in [-0.15, -0.1) is 0 Å². The summed E-state index contributed by atoms with van der Waals surface area (Å²) in [6.45, 7) is 1.86. The Labute approximate surface area is 74.9 Å². The van der Waals surface area contributed by atoms with Gasteiger partial charge >= 0.3 is 0 Å². The zero-order chi connectivity index (χ0) is 8.43. The lowest BCUT2D eigenvalue weighted by Crippen LogP contribution is -1.88. The molecule has 0 aromatic heterocycles. The quantitative estimate of drug-likeness (QED) is 0.596. The van der Waals surface area contributed by atoms with Gasteiger partial charge in [0.15, 0.2) is 0 Å². The molecule has 0 aliphatic carbocycles. The van der Waals surface area contributed by atoms with Crippen molar-refractivity contribution in [3.05, 3.63) is 33.6 Å². The maximum Gasteiger partial charge on any atom is 0.146 e. The van der Waals surface area contributed by atoms with Crippen LogP contribution in [0.3, 0.4) is 0 Å². The van der Waals surface area contributed by atoms with Crippen molar-refractivity contribution in [2.24, 2.45) is 0 Å². The molecule has 60 valence electrons. The van der Waals surface area contributed by atoms with E-state index in [1.54, 1.807) is 12.1 Å². The Bertz CT molecular complexity index is 271. The highest BCUT2D eigenvalue weighted by Gasteiger charge is 2.07. The number of hydrogen-bond acceptors (Lipinski definition) is 0. The molecule has 0 amide bonds. The molecular formula is C8H7Cl2F. The number of halogens is 3. The molecule has 0 aliphatic rings. The maximum absolute atomic E-state index is 13.0. The highest BCUT2D eigenvalue weighted by molar-refractivity contribution is 6.42. The molecule has 0 unspecified atom stereocenters. The van der Waals surface area contributed by atoms with Crippen LogP contribution in [0, 0.1) is 5.82 Å². The molecule has 0 fully saturated rings. The first kappa shape index (κ1) is 8.82. The zero-order valence-corrected chi connectivity index (χ0v) is 7.51. The van der Waals surface area contributed by atoms with Crippen molar-refractivity contribution in [2.75, 3.05) is 0 Å². The molecule has 0 saturated carbocycles. The third-order valence-electron chi connectivity index (χ3n) is 1.50. The maximum atomic E-state index is 13.0. The highest BCUT2D eigenvalue weighted by Crippen LogP contribution is 2.27. The van der Waals surface area contributed by atoms with E-state index in [1.165, 1.54) is 0 Å².